The van der Waals surface area contributed by atoms with Crippen LogP contribution in [0.4, 0.5) is 0 Å². The molecule has 0 atom stereocenters. The third kappa shape index (κ3) is 1.14. The summed E-state index contributed by atoms with van der Waals surface area (Å²) in [5.41, 5.74) is 1.24. The topological polar surface area (TPSA) is 78.9 Å². The number of H-pyrrole nitrogens is 1. The molecular weight excluding hydrogens is 170 g/mol. The first kappa shape index (κ1) is 7.72. The summed E-state index contributed by atoms with van der Waals surface area (Å²) in [4.78, 5) is 21.5. The zero-order valence-corrected chi connectivity index (χ0v) is 6.90. The molecule has 5 heteroatoms. The van der Waals surface area contributed by atoms with E-state index in [4.69, 9.17) is 5.11 Å². The summed E-state index contributed by atoms with van der Waals surface area (Å²) in [5.74, 6) is -0.324. The summed E-state index contributed by atoms with van der Waals surface area (Å²) in [6.45, 7) is 1.77. The second-order valence-electron chi connectivity index (χ2n) is 2.71. The summed E-state index contributed by atoms with van der Waals surface area (Å²) in [7, 11) is 0. The summed E-state index contributed by atoms with van der Waals surface area (Å²) < 4.78 is 0. The average molecular weight is 177 g/mol. The van der Waals surface area contributed by atoms with Gasteiger partial charge < -0.3 is 10.1 Å². The van der Waals surface area contributed by atoms with Crippen LogP contribution in [0.5, 0.6) is 0 Å². The van der Waals surface area contributed by atoms with Crippen molar-refractivity contribution in [2.24, 2.45) is 0 Å². The first-order valence-corrected chi connectivity index (χ1v) is 3.72. The molecule has 5 nitrogen and oxygen atoms in total. The van der Waals surface area contributed by atoms with Crippen molar-refractivity contribution in [1.82, 2.24) is 15.0 Å². The van der Waals surface area contributed by atoms with Gasteiger partial charge in [0.2, 0.25) is 0 Å². The molecule has 2 rings (SSSR count). The molecule has 0 unspecified atom stereocenters. The summed E-state index contributed by atoms with van der Waals surface area (Å²) in [5, 5.41) is 8.80. The second kappa shape index (κ2) is 2.55. The van der Waals surface area contributed by atoms with Gasteiger partial charge in [-0.15, -0.1) is 0 Å². The van der Waals surface area contributed by atoms with Gasteiger partial charge in [-0.3, -0.25) is 4.98 Å². The molecule has 0 saturated heterocycles. The molecule has 66 valence electrons. The van der Waals surface area contributed by atoms with E-state index >= 15 is 0 Å². The Hall–Kier alpha value is -1.91. The molecule has 13 heavy (non-hydrogen) atoms. The first-order chi connectivity index (χ1) is 6.18. The van der Waals surface area contributed by atoms with Crippen LogP contribution >= 0.6 is 0 Å². The fourth-order valence-corrected chi connectivity index (χ4v) is 1.21. The molecule has 0 aliphatic rings. The summed E-state index contributed by atoms with van der Waals surface area (Å²) in [6, 6.07) is 0. The highest BCUT2D eigenvalue weighted by Crippen LogP contribution is 2.14. The van der Waals surface area contributed by atoms with Crippen LogP contribution in [0.25, 0.3) is 11.0 Å². The Morgan fingerprint density at radius 2 is 2.31 bits per heavy atom. The van der Waals surface area contributed by atoms with E-state index in [9.17, 15) is 4.79 Å². The molecule has 0 radical (unpaired) electrons. The molecule has 2 aromatic heterocycles. The molecule has 0 fully saturated rings. The Labute approximate surface area is 73.4 Å². The van der Waals surface area contributed by atoms with Gasteiger partial charge in [0.1, 0.15) is 16.9 Å². The van der Waals surface area contributed by atoms with E-state index < -0.39 is 5.97 Å². The number of nitrogens with zero attached hydrogens (tertiary/aromatic N) is 2. The highest BCUT2D eigenvalue weighted by Gasteiger charge is 2.11. The molecule has 0 bridgehead atoms. The number of fused-ring (bicyclic) bond motifs is 1. The van der Waals surface area contributed by atoms with Gasteiger partial charge in [0.15, 0.2) is 0 Å². The zero-order chi connectivity index (χ0) is 9.42. The number of carboxylic acids is 1. The van der Waals surface area contributed by atoms with E-state index in [2.05, 4.69) is 15.0 Å². The molecule has 0 spiro atoms. The minimum Gasteiger partial charge on any atom is -0.478 e. The van der Waals surface area contributed by atoms with Crippen LogP contribution in [0.15, 0.2) is 12.4 Å². The van der Waals surface area contributed by atoms with Gasteiger partial charge >= 0.3 is 5.97 Å². The van der Waals surface area contributed by atoms with Crippen LogP contribution in [0.2, 0.25) is 0 Å². The predicted molar refractivity (Wildman–Crippen MR) is 45.6 cm³/mol. The molecule has 2 aromatic rings. The summed E-state index contributed by atoms with van der Waals surface area (Å²) in [6.07, 6.45) is 2.85. The van der Waals surface area contributed by atoms with Crippen LogP contribution in [-0.4, -0.2) is 26.0 Å². The van der Waals surface area contributed by atoms with Gasteiger partial charge in [0, 0.05) is 6.20 Å². The maximum atomic E-state index is 10.7. The number of hydrogen-bond donors (Lipinski definition) is 2. The van der Waals surface area contributed by atoms with E-state index in [-0.39, 0.29) is 5.56 Å². The third-order valence-electron chi connectivity index (χ3n) is 1.74. The number of carboxylic acid groups (broad SMARTS) is 1. The standard InChI is InChI=1S/C8H7N3O2/c1-4-10-6-3-9-2-5(8(12)13)7(6)11-4/h2-3H,1H3,(H,10,11)(H,12,13). The molecule has 2 N–H and O–H groups in total. The van der Waals surface area contributed by atoms with Crippen LogP contribution in [0.3, 0.4) is 0 Å². The number of aromatic carboxylic acids is 1. The van der Waals surface area contributed by atoms with Crippen molar-refractivity contribution in [3.05, 3.63) is 23.8 Å². The maximum absolute atomic E-state index is 10.7. The lowest BCUT2D eigenvalue weighted by Gasteiger charge is -1.92. The Morgan fingerprint density at radius 3 is 3.00 bits per heavy atom. The van der Waals surface area contributed by atoms with Crippen LogP contribution in [0, 0.1) is 6.92 Å². The summed E-state index contributed by atoms with van der Waals surface area (Å²) >= 11 is 0. The molecular formula is C8H7N3O2. The number of rotatable bonds is 1. The third-order valence-corrected chi connectivity index (χ3v) is 1.74. The number of aryl methyl sites for hydroxylation is 1. The zero-order valence-electron chi connectivity index (χ0n) is 6.90. The van der Waals surface area contributed by atoms with Crippen molar-refractivity contribution < 1.29 is 9.90 Å². The van der Waals surface area contributed by atoms with Crippen LogP contribution in [-0.2, 0) is 0 Å². The van der Waals surface area contributed by atoms with Crippen LogP contribution < -0.4 is 0 Å². The second-order valence-corrected chi connectivity index (χ2v) is 2.71. The minimum atomic E-state index is -1.01. The van der Waals surface area contributed by atoms with E-state index in [0.717, 1.165) is 0 Å². The molecule has 0 saturated carbocycles. The van der Waals surface area contributed by atoms with Gasteiger partial charge in [0.05, 0.1) is 11.7 Å². The fourth-order valence-electron chi connectivity index (χ4n) is 1.21. The number of imidazole rings is 1. The number of nitrogens with one attached hydrogen (secondary N) is 1. The maximum Gasteiger partial charge on any atom is 0.339 e. The smallest absolute Gasteiger partial charge is 0.339 e. The van der Waals surface area contributed by atoms with E-state index in [1.54, 1.807) is 13.1 Å². The molecule has 2 heterocycles. The van der Waals surface area contributed by atoms with E-state index in [1.807, 2.05) is 0 Å². The number of carbonyl (C=O) groups is 1. The monoisotopic (exact) mass is 177 g/mol. The number of aromatic amines is 1. The Kier molecular flexibility index (Phi) is 1.51. The van der Waals surface area contributed by atoms with E-state index in [1.165, 1.54) is 6.20 Å². The number of pyridine rings is 1. The lowest BCUT2D eigenvalue weighted by Crippen LogP contribution is -1.98. The van der Waals surface area contributed by atoms with Gasteiger partial charge in [0.25, 0.3) is 0 Å². The molecule has 0 aliphatic heterocycles. The first-order valence-electron chi connectivity index (χ1n) is 3.72. The van der Waals surface area contributed by atoms with E-state index in [0.29, 0.717) is 16.9 Å². The predicted octanol–water partition coefficient (Wildman–Crippen LogP) is 0.965. The Morgan fingerprint density at radius 1 is 1.54 bits per heavy atom. The van der Waals surface area contributed by atoms with Crippen molar-refractivity contribution in [3.8, 4) is 0 Å². The highest BCUT2D eigenvalue weighted by atomic mass is 16.4. The fraction of sp³-hybridized carbons (Fsp3) is 0.125. The van der Waals surface area contributed by atoms with Crippen molar-refractivity contribution in [3.63, 3.8) is 0 Å². The van der Waals surface area contributed by atoms with Crippen molar-refractivity contribution in [2.75, 3.05) is 0 Å². The van der Waals surface area contributed by atoms with Gasteiger partial charge in [-0.2, -0.15) is 0 Å². The quantitative estimate of drug-likeness (QED) is 0.680. The highest BCUT2D eigenvalue weighted by molar-refractivity contribution is 6.00. The lowest BCUT2D eigenvalue weighted by atomic mass is 10.2. The van der Waals surface area contributed by atoms with Crippen LogP contribution in [0.1, 0.15) is 16.2 Å². The largest absolute Gasteiger partial charge is 0.478 e. The normalized spacial score (nSPS) is 10.5. The molecule has 0 aromatic carbocycles. The average Bonchev–Trinajstić information content (AvgIpc) is 2.43. The number of hydrogen-bond acceptors (Lipinski definition) is 3. The Bertz CT molecular complexity index is 475. The lowest BCUT2D eigenvalue weighted by molar-refractivity contribution is 0.0698. The number of aromatic nitrogens is 3. The molecule has 0 amide bonds. The van der Waals surface area contributed by atoms with Gasteiger partial charge in [-0.05, 0) is 6.92 Å². The van der Waals surface area contributed by atoms with Gasteiger partial charge in [-0.1, -0.05) is 0 Å². The van der Waals surface area contributed by atoms with Gasteiger partial charge in [-0.25, -0.2) is 9.78 Å². The Balaban J connectivity index is 2.82. The minimum absolute atomic E-state index is 0.127. The van der Waals surface area contributed by atoms with Crippen molar-refractivity contribution >= 4 is 17.0 Å². The SMILES string of the molecule is Cc1nc2c(C(=O)O)cncc2[nH]1. The van der Waals surface area contributed by atoms with Crippen molar-refractivity contribution in [2.45, 2.75) is 6.92 Å². The molecule has 0 aliphatic carbocycles. The van der Waals surface area contributed by atoms with Crippen molar-refractivity contribution in [1.29, 1.82) is 0 Å².